The summed E-state index contributed by atoms with van der Waals surface area (Å²) < 4.78 is 28.6. The smallest absolute Gasteiger partial charge is 0.199 e. The summed E-state index contributed by atoms with van der Waals surface area (Å²) in [5.74, 6) is 1.32. The van der Waals surface area contributed by atoms with Crippen molar-refractivity contribution in [1.82, 2.24) is 0 Å². The molecule has 6 nitrogen and oxygen atoms in total. The van der Waals surface area contributed by atoms with Gasteiger partial charge < -0.3 is 23.7 Å². The molecule has 138 valence electrons. The summed E-state index contributed by atoms with van der Waals surface area (Å²) in [5, 5.41) is 0. The van der Waals surface area contributed by atoms with Gasteiger partial charge in [-0.3, -0.25) is 4.79 Å². The summed E-state index contributed by atoms with van der Waals surface area (Å²) in [6, 6.07) is 3.44. The van der Waals surface area contributed by atoms with Gasteiger partial charge in [0.1, 0.15) is 22.8 Å². The predicted octanol–water partition coefficient (Wildman–Crippen LogP) is 3.71. The van der Waals surface area contributed by atoms with Crippen molar-refractivity contribution in [3.63, 3.8) is 0 Å². The van der Waals surface area contributed by atoms with Crippen molar-refractivity contribution in [3.05, 3.63) is 17.7 Å². The lowest BCUT2D eigenvalue weighted by Crippen LogP contribution is -2.26. The Hall–Kier alpha value is -1.79. The van der Waals surface area contributed by atoms with Crippen LogP contribution in [0.1, 0.15) is 55.8 Å². The number of ether oxygens (including phenoxy) is 5. The molecule has 0 bridgehead atoms. The van der Waals surface area contributed by atoms with Crippen LogP contribution in [0.5, 0.6) is 17.2 Å². The van der Waals surface area contributed by atoms with Gasteiger partial charge in [0.15, 0.2) is 18.4 Å². The number of ketones is 1. The molecule has 1 aromatic carbocycles. The van der Waals surface area contributed by atoms with Crippen LogP contribution in [0.15, 0.2) is 12.1 Å². The van der Waals surface area contributed by atoms with E-state index in [1.54, 1.807) is 12.1 Å². The first kappa shape index (κ1) is 18.0. The second-order valence-corrected chi connectivity index (χ2v) is 6.38. The highest BCUT2D eigenvalue weighted by Crippen LogP contribution is 2.37. The molecular weight excluding hydrogens is 324 g/mol. The van der Waals surface area contributed by atoms with Crippen LogP contribution in [-0.2, 0) is 9.47 Å². The SMILES string of the molecule is COc1cc(OC2CCCCO2)cc(OC2CCCCO2)c1C(C)=O. The highest BCUT2D eigenvalue weighted by atomic mass is 16.7. The summed E-state index contributed by atoms with van der Waals surface area (Å²) in [5.41, 5.74) is 0.411. The van der Waals surface area contributed by atoms with E-state index < -0.39 is 0 Å². The lowest BCUT2D eigenvalue weighted by atomic mass is 10.1. The Labute approximate surface area is 148 Å². The summed E-state index contributed by atoms with van der Waals surface area (Å²) in [4.78, 5) is 12.1. The number of carbonyl (C=O) groups is 1. The van der Waals surface area contributed by atoms with Gasteiger partial charge in [-0.1, -0.05) is 0 Å². The van der Waals surface area contributed by atoms with E-state index in [2.05, 4.69) is 0 Å². The third kappa shape index (κ3) is 4.64. The van der Waals surface area contributed by atoms with Crippen LogP contribution < -0.4 is 14.2 Å². The van der Waals surface area contributed by atoms with E-state index in [1.807, 2.05) is 0 Å². The minimum atomic E-state index is -0.349. The van der Waals surface area contributed by atoms with Crippen LogP contribution in [0.4, 0.5) is 0 Å². The zero-order valence-corrected chi connectivity index (χ0v) is 14.9. The van der Waals surface area contributed by atoms with Gasteiger partial charge in [0, 0.05) is 25.0 Å². The van der Waals surface area contributed by atoms with Crippen molar-refractivity contribution >= 4 is 5.78 Å². The maximum Gasteiger partial charge on any atom is 0.199 e. The highest BCUT2D eigenvalue weighted by molar-refractivity contribution is 6.00. The van der Waals surface area contributed by atoms with Gasteiger partial charge >= 0.3 is 0 Å². The average Bonchev–Trinajstić information content (AvgIpc) is 2.62. The first-order valence-corrected chi connectivity index (χ1v) is 8.97. The lowest BCUT2D eigenvalue weighted by Gasteiger charge is -2.26. The monoisotopic (exact) mass is 350 g/mol. The van der Waals surface area contributed by atoms with Crippen molar-refractivity contribution in [2.75, 3.05) is 20.3 Å². The summed E-state index contributed by atoms with van der Waals surface area (Å²) in [6.07, 6.45) is 5.23. The van der Waals surface area contributed by atoms with Crippen LogP contribution in [0.3, 0.4) is 0 Å². The summed E-state index contributed by atoms with van der Waals surface area (Å²) in [6.45, 7) is 2.87. The van der Waals surface area contributed by atoms with E-state index in [1.165, 1.54) is 14.0 Å². The fraction of sp³-hybridized carbons (Fsp3) is 0.632. The molecule has 1 aromatic rings. The molecule has 25 heavy (non-hydrogen) atoms. The molecular formula is C19H26O6. The van der Waals surface area contributed by atoms with Gasteiger partial charge in [-0.2, -0.15) is 0 Å². The predicted molar refractivity (Wildman–Crippen MR) is 91.4 cm³/mol. The van der Waals surface area contributed by atoms with Crippen molar-refractivity contribution in [1.29, 1.82) is 0 Å². The molecule has 0 N–H and O–H groups in total. The minimum absolute atomic E-state index is 0.122. The van der Waals surface area contributed by atoms with Gasteiger partial charge in [-0.25, -0.2) is 0 Å². The molecule has 0 radical (unpaired) electrons. The van der Waals surface area contributed by atoms with Crippen molar-refractivity contribution in [3.8, 4) is 17.2 Å². The van der Waals surface area contributed by atoms with Crippen molar-refractivity contribution in [2.24, 2.45) is 0 Å². The number of Topliss-reactive ketones (excluding diaryl/α,β-unsaturated/α-hetero) is 1. The molecule has 3 rings (SSSR count). The third-order valence-corrected chi connectivity index (χ3v) is 4.41. The molecule has 2 unspecified atom stereocenters. The number of rotatable bonds is 6. The molecule has 6 heteroatoms. The summed E-state index contributed by atoms with van der Waals surface area (Å²) in [7, 11) is 1.53. The molecule has 2 fully saturated rings. The molecule has 2 aliphatic heterocycles. The van der Waals surface area contributed by atoms with Gasteiger partial charge in [-0.15, -0.1) is 0 Å². The number of carbonyl (C=O) groups excluding carboxylic acids is 1. The van der Waals surface area contributed by atoms with Gasteiger partial charge in [-0.05, 0) is 32.6 Å². The molecule has 0 aliphatic carbocycles. The molecule has 2 heterocycles. The molecule has 0 aromatic heterocycles. The largest absolute Gasteiger partial charge is 0.496 e. The molecule has 0 amide bonds. The van der Waals surface area contributed by atoms with Crippen LogP contribution >= 0.6 is 0 Å². The number of benzene rings is 1. The molecule has 2 saturated heterocycles. The van der Waals surface area contributed by atoms with Gasteiger partial charge in [0.2, 0.25) is 0 Å². The lowest BCUT2D eigenvalue weighted by molar-refractivity contribution is -0.109. The fourth-order valence-electron chi connectivity index (χ4n) is 3.14. The topological polar surface area (TPSA) is 63.2 Å². The quantitative estimate of drug-likeness (QED) is 0.729. The normalized spacial score (nSPS) is 23.8. The Balaban J connectivity index is 1.85. The van der Waals surface area contributed by atoms with E-state index in [9.17, 15) is 4.79 Å². The number of hydrogen-bond acceptors (Lipinski definition) is 6. The first-order valence-electron chi connectivity index (χ1n) is 8.97. The van der Waals surface area contributed by atoms with Crippen molar-refractivity contribution < 1.29 is 28.5 Å². The second kappa shape index (κ2) is 8.54. The molecule has 2 atom stereocenters. The highest BCUT2D eigenvalue weighted by Gasteiger charge is 2.24. The number of methoxy groups -OCH3 is 1. The Morgan fingerprint density at radius 2 is 1.56 bits per heavy atom. The fourth-order valence-corrected chi connectivity index (χ4v) is 3.14. The van der Waals surface area contributed by atoms with Gasteiger partial charge in [0.25, 0.3) is 0 Å². The van der Waals surface area contributed by atoms with E-state index in [4.69, 9.17) is 23.7 Å². The Morgan fingerprint density at radius 1 is 0.960 bits per heavy atom. The third-order valence-electron chi connectivity index (χ3n) is 4.41. The number of hydrogen-bond donors (Lipinski definition) is 0. The second-order valence-electron chi connectivity index (χ2n) is 6.38. The van der Waals surface area contributed by atoms with E-state index in [0.29, 0.717) is 36.0 Å². The van der Waals surface area contributed by atoms with Crippen molar-refractivity contribution in [2.45, 2.75) is 58.0 Å². The maximum absolute atomic E-state index is 12.1. The first-order chi connectivity index (χ1) is 12.2. The Morgan fingerprint density at radius 3 is 2.08 bits per heavy atom. The Kier molecular flexibility index (Phi) is 6.15. The average molecular weight is 350 g/mol. The van der Waals surface area contributed by atoms with Crippen LogP contribution in [-0.4, -0.2) is 38.7 Å². The maximum atomic E-state index is 12.1. The van der Waals surface area contributed by atoms with Crippen LogP contribution in [0.25, 0.3) is 0 Å². The van der Waals surface area contributed by atoms with Gasteiger partial charge in [0.05, 0.1) is 20.3 Å². The van der Waals surface area contributed by atoms with Crippen LogP contribution in [0, 0.1) is 0 Å². The zero-order valence-electron chi connectivity index (χ0n) is 14.9. The van der Waals surface area contributed by atoms with Crippen LogP contribution in [0.2, 0.25) is 0 Å². The zero-order chi connectivity index (χ0) is 17.6. The minimum Gasteiger partial charge on any atom is -0.496 e. The molecule has 0 spiro atoms. The standard InChI is InChI=1S/C19H26O6/c1-13(20)19-15(21-2)11-14(24-17-7-3-5-9-22-17)12-16(19)25-18-8-4-6-10-23-18/h11-12,17-18H,3-10H2,1-2H3. The Bertz CT molecular complexity index is 588. The summed E-state index contributed by atoms with van der Waals surface area (Å²) >= 11 is 0. The molecule has 0 saturated carbocycles. The van der Waals surface area contributed by atoms with E-state index in [0.717, 1.165) is 38.5 Å². The van der Waals surface area contributed by atoms with E-state index in [-0.39, 0.29) is 18.4 Å². The van der Waals surface area contributed by atoms with E-state index >= 15 is 0 Å². The molecule has 2 aliphatic rings.